The summed E-state index contributed by atoms with van der Waals surface area (Å²) < 4.78 is 14.0. The van der Waals surface area contributed by atoms with Crippen LogP contribution in [0, 0.1) is 0 Å². The van der Waals surface area contributed by atoms with E-state index in [2.05, 4.69) is 19.9 Å². The van der Waals surface area contributed by atoms with Gasteiger partial charge in [-0.25, -0.2) is 9.78 Å². The lowest BCUT2D eigenvalue weighted by atomic mass is 9.86. The number of para-hydroxylation sites is 1. The second kappa shape index (κ2) is 9.40. The van der Waals surface area contributed by atoms with Crippen LogP contribution in [0.4, 0.5) is 0 Å². The highest BCUT2D eigenvalue weighted by atomic mass is 33.1. The predicted octanol–water partition coefficient (Wildman–Crippen LogP) is 5.49. The SMILES string of the molecule is CCCS[SH](CCC)OC1(CC)C(=O)OCc2c1cc1n(c2=O)Cc2cc3ccccc3nc2-1. The van der Waals surface area contributed by atoms with Crippen molar-refractivity contribution in [3.63, 3.8) is 0 Å². The first-order chi connectivity index (χ1) is 16.5. The Bertz CT molecular complexity index is 1320. The molecule has 34 heavy (non-hydrogen) atoms. The molecule has 0 saturated heterocycles. The van der Waals surface area contributed by atoms with Crippen LogP contribution >= 0.6 is 21.0 Å². The van der Waals surface area contributed by atoms with Crippen LogP contribution < -0.4 is 5.56 Å². The van der Waals surface area contributed by atoms with Gasteiger partial charge in [-0.2, -0.15) is 0 Å². The zero-order chi connectivity index (χ0) is 23.9. The first-order valence-electron chi connectivity index (χ1n) is 11.9. The molecule has 2 atom stereocenters. The maximum atomic E-state index is 13.6. The Kier molecular flexibility index (Phi) is 6.48. The third-order valence-electron chi connectivity index (χ3n) is 6.49. The van der Waals surface area contributed by atoms with Crippen LogP contribution in [-0.2, 0) is 32.5 Å². The molecule has 0 saturated carbocycles. The third kappa shape index (κ3) is 3.76. The number of carbonyl (C=O) groups excluding carboxylic acids is 1. The standard InChI is InChI=1S/C26H30N2O4S2/c1-4-11-33-34(12-5-2)32-26(6-3)20-14-22-23-18(13-17-9-7-8-10-21(17)27-23)15-28(22)24(29)19(20)16-31-25(26)30/h7-10,13-14,34H,4-6,11-12,15-16H2,1-3H3. The molecule has 2 aromatic heterocycles. The fraction of sp³-hybridized carbons (Fsp3) is 0.423. The van der Waals surface area contributed by atoms with Gasteiger partial charge in [-0.05, 0) is 37.5 Å². The maximum absolute atomic E-state index is 13.6. The summed E-state index contributed by atoms with van der Waals surface area (Å²) in [5, 5.41) is 1.05. The van der Waals surface area contributed by atoms with E-state index in [1.54, 1.807) is 15.4 Å². The molecule has 8 heteroatoms. The Balaban J connectivity index is 1.66. The second-order valence-electron chi connectivity index (χ2n) is 8.74. The molecule has 4 heterocycles. The highest BCUT2D eigenvalue weighted by molar-refractivity contribution is 8.83. The summed E-state index contributed by atoms with van der Waals surface area (Å²) in [6.07, 6.45) is 2.43. The number of pyridine rings is 2. The molecule has 0 radical (unpaired) electrons. The van der Waals surface area contributed by atoms with Crippen molar-refractivity contribution < 1.29 is 13.7 Å². The van der Waals surface area contributed by atoms with Crippen LogP contribution in [-0.4, -0.2) is 27.0 Å². The van der Waals surface area contributed by atoms with Gasteiger partial charge in [0.25, 0.3) is 5.56 Å². The monoisotopic (exact) mass is 498 g/mol. The molecule has 0 aliphatic carbocycles. The van der Waals surface area contributed by atoms with E-state index in [-0.39, 0.29) is 12.2 Å². The Labute approximate surface area is 206 Å². The molecule has 0 spiro atoms. The molecule has 2 unspecified atom stereocenters. The number of nitrogens with zero attached hydrogens (tertiary/aromatic N) is 2. The van der Waals surface area contributed by atoms with E-state index in [0.29, 0.717) is 24.1 Å². The maximum Gasteiger partial charge on any atom is 0.344 e. The van der Waals surface area contributed by atoms with Crippen LogP contribution in [0.3, 0.4) is 0 Å². The Hall–Kier alpha value is -2.29. The first kappa shape index (κ1) is 23.5. The number of carbonyl (C=O) groups is 1. The van der Waals surface area contributed by atoms with Crippen LogP contribution in [0.5, 0.6) is 0 Å². The number of esters is 1. The first-order valence-corrected chi connectivity index (χ1v) is 15.0. The number of hydrogen-bond acceptors (Lipinski definition) is 6. The number of thiol groups is 1. The Morgan fingerprint density at radius 3 is 2.76 bits per heavy atom. The summed E-state index contributed by atoms with van der Waals surface area (Å²) in [6, 6.07) is 12.0. The van der Waals surface area contributed by atoms with Crippen molar-refractivity contribution in [2.24, 2.45) is 0 Å². The van der Waals surface area contributed by atoms with Crippen molar-refractivity contribution in [3.8, 4) is 11.4 Å². The van der Waals surface area contributed by atoms with Gasteiger partial charge in [0.05, 0.1) is 29.0 Å². The molecule has 2 aliphatic heterocycles. The van der Waals surface area contributed by atoms with Crippen LogP contribution in [0.2, 0.25) is 0 Å². The van der Waals surface area contributed by atoms with Gasteiger partial charge in [0.1, 0.15) is 6.61 Å². The predicted molar refractivity (Wildman–Crippen MR) is 140 cm³/mol. The van der Waals surface area contributed by atoms with Crippen molar-refractivity contribution >= 4 is 37.9 Å². The minimum atomic E-state index is -1.26. The molecule has 3 aromatic rings. The van der Waals surface area contributed by atoms with Gasteiger partial charge >= 0.3 is 5.97 Å². The van der Waals surface area contributed by atoms with Gasteiger partial charge in [-0.15, -0.1) is 0 Å². The second-order valence-corrected chi connectivity index (χ2v) is 12.7. The lowest BCUT2D eigenvalue weighted by Crippen LogP contribution is -2.45. The quantitative estimate of drug-likeness (QED) is 0.197. The van der Waals surface area contributed by atoms with Crippen molar-refractivity contribution in [2.45, 2.75) is 58.8 Å². The fourth-order valence-corrected chi connectivity index (χ4v) is 9.06. The third-order valence-corrected chi connectivity index (χ3v) is 10.9. The minimum Gasteiger partial charge on any atom is -0.458 e. The summed E-state index contributed by atoms with van der Waals surface area (Å²) in [4.78, 5) is 31.8. The Morgan fingerprint density at radius 1 is 1.18 bits per heavy atom. The van der Waals surface area contributed by atoms with Crippen LogP contribution in [0.15, 0.2) is 41.2 Å². The highest BCUT2D eigenvalue weighted by Crippen LogP contribution is 2.52. The van der Waals surface area contributed by atoms with Crippen molar-refractivity contribution in [3.05, 3.63) is 63.4 Å². The number of rotatable bonds is 8. The lowest BCUT2D eigenvalue weighted by molar-refractivity contribution is -0.167. The van der Waals surface area contributed by atoms with E-state index < -0.39 is 21.8 Å². The molecule has 1 aromatic carbocycles. The minimum absolute atomic E-state index is 0.0159. The summed E-state index contributed by atoms with van der Waals surface area (Å²) in [6.45, 7) is 6.66. The molecule has 0 amide bonds. The van der Waals surface area contributed by atoms with Gasteiger partial charge in [0.15, 0.2) is 0 Å². The molecular formula is C26H30N2O4S2. The molecule has 5 rings (SSSR count). The molecule has 0 fully saturated rings. The summed E-state index contributed by atoms with van der Waals surface area (Å²) in [5.74, 6) is 1.48. The zero-order valence-corrected chi connectivity index (χ0v) is 21.5. The zero-order valence-electron chi connectivity index (χ0n) is 19.8. The molecule has 0 N–H and O–H groups in total. The molecular weight excluding hydrogens is 468 g/mol. The van der Waals surface area contributed by atoms with Crippen molar-refractivity contribution in [1.29, 1.82) is 0 Å². The molecule has 2 aliphatic rings. The van der Waals surface area contributed by atoms with Crippen LogP contribution in [0.1, 0.15) is 56.7 Å². The number of hydrogen-bond donors (Lipinski definition) is 1. The largest absolute Gasteiger partial charge is 0.458 e. The van der Waals surface area contributed by atoms with Crippen LogP contribution in [0.25, 0.3) is 22.3 Å². The number of aromatic nitrogens is 2. The summed E-state index contributed by atoms with van der Waals surface area (Å²) in [7, 11) is 0.894. The van der Waals surface area contributed by atoms with Gasteiger partial charge in [-0.3, -0.25) is 4.79 Å². The van der Waals surface area contributed by atoms with Crippen molar-refractivity contribution in [1.82, 2.24) is 9.55 Å². The highest BCUT2D eigenvalue weighted by Gasteiger charge is 2.49. The average molecular weight is 499 g/mol. The Morgan fingerprint density at radius 2 is 2.00 bits per heavy atom. The number of ether oxygens (including phenoxy) is 1. The smallest absolute Gasteiger partial charge is 0.344 e. The summed E-state index contributed by atoms with van der Waals surface area (Å²) >= 11 is 0. The van der Waals surface area contributed by atoms with E-state index in [1.165, 1.54) is 0 Å². The van der Waals surface area contributed by atoms with E-state index in [9.17, 15) is 9.59 Å². The normalized spacial score (nSPS) is 20.0. The average Bonchev–Trinajstić information content (AvgIpc) is 3.21. The van der Waals surface area contributed by atoms with Crippen molar-refractivity contribution in [2.75, 3.05) is 11.5 Å². The lowest BCUT2D eigenvalue weighted by Gasteiger charge is -2.39. The topological polar surface area (TPSA) is 70.4 Å². The van der Waals surface area contributed by atoms with Gasteiger partial charge in [0.2, 0.25) is 5.60 Å². The molecule has 180 valence electrons. The van der Waals surface area contributed by atoms with E-state index in [1.807, 2.05) is 37.3 Å². The molecule has 6 nitrogen and oxygen atoms in total. The van der Waals surface area contributed by atoms with E-state index in [0.717, 1.165) is 52.2 Å². The fourth-order valence-electron chi connectivity index (χ4n) is 4.75. The van der Waals surface area contributed by atoms with E-state index in [4.69, 9.17) is 13.9 Å². The van der Waals surface area contributed by atoms with Gasteiger partial charge in [0, 0.05) is 28.0 Å². The molecule has 0 bridgehead atoms. The number of cyclic esters (lactones) is 1. The summed E-state index contributed by atoms with van der Waals surface area (Å²) in [5.41, 5.74) is 3.26. The van der Waals surface area contributed by atoms with Gasteiger partial charge in [-0.1, -0.05) is 60.0 Å². The van der Waals surface area contributed by atoms with Gasteiger partial charge < -0.3 is 13.5 Å². The number of fused-ring (bicyclic) bond motifs is 5. The number of benzene rings is 1. The van der Waals surface area contributed by atoms with E-state index >= 15 is 0 Å².